The van der Waals surface area contributed by atoms with Crippen molar-refractivity contribution in [2.45, 2.75) is 44.6 Å². The molecule has 5 saturated carbocycles. The zero-order valence-corrected chi connectivity index (χ0v) is 12.0. The van der Waals surface area contributed by atoms with E-state index in [1.807, 2.05) is 0 Å². The van der Waals surface area contributed by atoms with E-state index in [-0.39, 0.29) is 12.1 Å². The van der Waals surface area contributed by atoms with E-state index in [4.69, 9.17) is 4.74 Å². The molecule has 0 heterocycles. The fraction of sp³-hybridized carbons (Fsp3) is 0.833. The highest BCUT2D eigenvalue weighted by Gasteiger charge is 2.65. The highest BCUT2D eigenvalue weighted by Crippen LogP contribution is 2.71. The second-order valence-corrected chi connectivity index (χ2v) is 8.13. The fourth-order valence-corrected chi connectivity index (χ4v) is 7.43. The maximum absolute atomic E-state index is 11.6. The quantitative estimate of drug-likeness (QED) is 0.569. The second kappa shape index (κ2) is 3.90. The summed E-state index contributed by atoms with van der Waals surface area (Å²) < 4.78 is 5.67. The van der Waals surface area contributed by atoms with Gasteiger partial charge in [0.1, 0.15) is 6.10 Å². The number of carbonyl (C=O) groups is 1. The second-order valence-electron chi connectivity index (χ2n) is 8.13. The predicted octanol–water partition coefficient (Wildman–Crippen LogP) is 3.42. The minimum atomic E-state index is -0.207. The van der Waals surface area contributed by atoms with Gasteiger partial charge < -0.3 is 4.74 Å². The van der Waals surface area contributed by atoms with E-state index in [1.165, 1.54) is 38.2 Å². The number of rotatable bonds is 2. The zero-order chi connectivity index (χ0) is 13.4. The van der Waals surface area contributed by atoms with Crippen LogP contribution in [0.5, 0.6) is 0 Å². The Bertz CT molecular complexity index is 470. The van der Waals surface area contributed by atoms with E-state index < -0.39 is 0 Å². The SMILES string of the molecule is C=CC(=O)OC1C[C@H]2CC1C1C3C4CCC(C4)C3CC12. The first-order valence-corrected chi connectivity index (χ1v) is 8.59. The molecule has 2 nitrogen and oxygen atoms in total. The van der Waals surface area contributed by atoms with E-state index in [0.717, 1.165) is 47.8 Å². The third-order valence-electron chi connectivity index (χ3n) is 7.76. The number of ether oxygens (including phenoxy) is 1. The van der Waals surface area contributed by atoms with Gasteiger partial charge in [0.25, 0.3) is 0 Å². The minimum Gasteiger partial charge on any atom is -0.459 e. The van der Waals surface area contributed by atoms with Crippen LogP contribution in [0.2, 0.25) is 0 Å². The summed E-state index contributed by atoms with van der Waals surface area (Å²) in [5, 5.41) is 0. The summed E-state index contributed by atoms with van der Waals surface area (Å²) in [5.74, 6) is 7.34. The summed E-state index contributed by atoms with van der Waals surface area (Å²) in [6.07, 6.45) is 10.1. The van der Waals surface area contributed by atoms with Gasteiger partial charge in [0, 0.05) is 6.08 Å². The van der Waals surface area contributed by atoms with Crippen LogP contribution in [0.25, 0.3) is 0 Å². The van der Waals surface area contributed by atoms with E-state index in [1.54, 1.807) is 0 Å². The van der Waals surface area contributed by atoms with Crippen molar-refractivity contribution in [3.8, 4) is 0 Å². The number of hydrogen-bond acceptors (Lipinski definition) is 2. The zero-order valence-electron chi connectivity index (χ0n) is 12.0. The summed E-state index contributed by atoms with van der Waals surface area (Å²) in [5.41, 5.74) is 0. The Labute approximate surface area is 120 Å². The van der Waals surface area contributed by atoms with Crippen LogP contribution in [0.15, 0.2) is 12.7 Å². The summed E-state index contributed by atoms with van der Waals surface area (Å²) in [6.45, 7) is 3.54. The highest BCUT2D eigenvalue weighted by molar-refractivity contribution is 5.81. The fourth-order valence-electron chi connectivity index (χ4n) is 7.43. The van der Waals surface area contributed by atoms with Gasteiger partial charge in [0.2, 0.25) is 0 Å². The van der Waals surface area contributed by atoms with Gasteiger partial charge in [-0.05, 0) is 85.9 Å². The molecule has 0 amide bonds. The molecule has 0 radical (unpaired) electrons. The third-order valence-corrected chi connectivity index (χ3v) is 7.76. The number of hydrogen-bond donors (Lipinski definition) is 0. The van der Waals surface area contributed by atoms with Crippen LogP contribution in [0, 0.1) is 47.3 Å². The van der Waals surface area contributed by atoms with Gasteiger partial charge in [-0.15, -0.1) is 0 Å². The average molecular weight is 272 g/mol. The summed E-state index contributed by atoms with van der Waals surface area (Å²) in [7, 11) is 0. The molecule has 108 valence electrons. The van der Waals surface area contributed by atoms with Crippen LogP contribution in [-0.4, -0.2) is 12.1 Å². The molecule has 5 aliphatic rings. The van der Waals surface area contributed by atoms with Crippen LogP contribution in [0.3, 0.4) is 0 Å². The van der Waals surface area contributed by atoms with Crippen LogP contribution < -0.4 is 0 Å². The van der Waals surface area contributed by atoms with Crippen molar-refractivity contribution < 1.29 is 9.53 Å². The molecule has 0 saturated heterocycles. The van der Waals surface area contributed by atoms with Gasteiger partial charge in [0.05, 0.1) is 0 Å². The molecule has 2 heteroatoms. The van der Waals surface area contributed by atoms with Crippen molar-refractivity contribution in [2.75, 3.05) is 0 Å². The molecule has 0 aromatic carbocycles. The Hall–Kier alpha value is -0.790. The molecule has 8 unspecified atom stereocenters. The molecule has 0 aromatic rings. The lowest BCUT2D eigenvalue weighted by Crippen LogP contribution is -2.36. The highest BCUT2D eigenvalue weighted by atomic mass is 16.5. The van der Waals surface area contributed by atoms with Gasteiger partial charge in [-0.1, -0.05) is 6.58 Å². The normalized spacial score (nSPS) is 57.7. The van der Waals surface area contributed by atoms with E-state index in [0.29, 0.717) is 5.92 Å². The van der Waals surface area contributed by atoms with Gasteiger partial charge >= 0.3 is 5.97 Å². The Kier molecular flexibility index (Phi) is 2.30. The Morgan fingerprint density at radius 1 is 0.900 bits per heavy atom. The molecule has 20 heavy (non-hydrogen) atoms. The van der Waals surface area contributed by atoms with Gasteiger partial charge in [0.15, 0.2) is 0 Å². The monoisotopic (exact) mass is 272 g/mol. The van der Waals surface area contributed by atoms with E-state index in [2.05, 4.69) is 6.58 Å². The topological polar surface area (TPSA) is 26.3 Å². The average Bonchev–Trinajstić information content (AvgIpc) is 3.19. The number of esters is 1. The Morgan fingerprint density at radius 2 is 1.70 bits per heavy atom. The van der Waals surface area contributed by atoms with Crippen LogP contribution in [0.4, 0.5) is 0 Å². The Morgan fingerprint density at radius 3 is 2.55 bits per heavy atom. The minimum absolute atomic E-state index is 0.207. The van der Waals surface area contributed by atoms with Crippen LogP contribution >= 0.6 is 0 Å². The van der Waals surface area contributed by atoms with Crippen molar-refractivity contribution >= 4 is 5.97 Å². The summed E-state index contributed by atoms with van der Waals surface area (Å²) >= 11 is 0. The van der Waals surface area contributed by atoms with Crippen molar-refractivity contribution in [2.24, 2.45) is 47.3 Å². The Balaban J connectivity index is 1.41. The van der Waals surface area contributed by atoms with Crippen LogP contribution in [-0.2, 0) is 9.53 Å². The lowest BCUT2D eigenvalue weighted by Gasteiger charge is -2.36. The number of carbonyl (C=O) groups excluding carboxylic acids is 1. The van der Waals surface area contributed by atoms with Crippen molar-refractivity contribution in [3.63, 3.8) is 0 Å². The first kappa shape index (κ1) is 11.8. The molecule has 5 rings (SSSR count). The molecule has 0 aromatic heterocycles. The standard InChI is InChI=1S/C18H24O2/c1-2-16(19)20-15-7-11-6-14(15)18-13(11)8-12-9-3-4-10(5-9)17(12)18/h2,9-15,17-18H,1,3-8H2/t9?,10?,11-,12?,13?,14?,15?,17?,18?/m1/s1. The van der Waals surface area contributed by atoms with Crippen molar-refractivity contribution in [1.29, 1.82) is 0 Å². The molecule has 0 N–H and O–H groups in total. The molecule has 5 fully saturated rings. The molecule has 0 aliphatic heterocycles. The first-order valence-electron chi connectivity index (χ1n) is 8.59. The van der Waals surface area contributed by atoms with Gasteiger partial charge in [-0.3, -0.25) is 0 Å². The number of fused-ring (bicyclic) bond motifs is 11. The molecular formula is C18H24O2. The smallest absolute Gasteiger partial charge is 0.330 e. The molecule has 9 atom stereocenters. The van der Waals surface area contributed by atoms with Crippen LogP contribution in [0.1, 0.15) is 38.5 Å². The predicted molar refractivity (Wildman–Crippen MR) is 75.7 cm³/mol. The summed E-state index contributed by atoms with van der Waals surface area (Å²) in [6, 6.07) is 0. The maximum Gasteiger partial charge on any atom is 0.330 e. The molecule has 0 spiro atoms. The van der Waals surface area contributed by atoms with E-state index in [9.17, 15) is 4.79 Å². The summed E-state index contributed by atoms with van der Waals surface area (Å²) in [4.78, 5) is 11.6. The van der Waals surface area contributed by atoms with Gasteiger partial charge in [-0.2, -0.15) is 0 Å². The lowest BCUT2D eigenvalue weighted by atomic mass is 9.71. The van der Waals surface area contributed by atoms with Crippen molar-refractivity contribution in [3.05, 3.63) is 12.7 Å². The largest absolute Gasteiger partial charge is 0.459 e. The van der Waals surface area contributed by atoms with Gasteiger partial charge in [-0.25, -0.2) is 4.79 Å². The first-order chi connectivity index (χ1) is 9.76. The maximum atomic E-state index is 11.6. The third kappa shape index (κ3) is 1.33. The van der Waals surface area contributed by atoms with E-state index >= 15 is 0 Å². The van der Waals surface area contributed by atoms with Crippen molar-refractivity contribution in [1.82, 2.24) is 0 Å². The lowest BCUT2D eigenvalue weighted by molar-refractivity contribution is -0.147. The molecule has 5 aliphatic carbocycles. The molecule has 4 bridgehead atoms. The molecular weight excluding hydrogens is 248 g/mol.